The van der Waals surface area contributed by atoms with Crippen molar-refractivity contribution in [1.82, 2.24) is 0 Å². The minimum atomic E-state index is 1.09. The zero-order valence-electron chi connectivity index (χ0n) is 9.89. The van der Waals surface area contributed by atoms with Gasteiger partial charge in [-0.1, -0.05) is 86.5 Å². The Hall–Kier alpha value is 0.470. The van der Waals surface area contributed by atoms with E-state index in [1.807, 2.05) is 0 Å². The van der Waals surface area contributed by atoms with Crippen LogP contribution in [0.1, 0.15) is 70.6 Å². The van der Waals surface area contributed by atoms with Crippen LogP contribution in [-0.4, -0.2) is 0 Å². The molecule has 0 atom stereocenters. The average Bonchev–Trinajstić information content (AvgIpc) is 2.29. The fraction of sp³-hybridized carbons (Fsp3) is 0.857. The Kier molecular flexibility index (Phi) is 8.73. The Morgan fingerprint density at radius 2 is 1.67 bits per heavy atom. The van der Waals surface area contributed by atoms with Crippen LogP contribution >= 0.6 is 22.6 Å². The monoisotopic (exact) mass is 320 g/mol. The molecule has 0 aliphatic heterocycles. The molecule has 1 aliphatic rings. The zero-order chi connectivity index (χ0) is 10.8. The van der Waals surface area contributed by atoms with Crippen molar-refractivity contribution in [1.29, 1.82) is 0 Å². The van der Waals surface area contributed by atoms with Crippen molar-refractivity contribution in [3.63, 3.8) is 0 Å². The molecule has 0 aromatic rings. The van der Waals surface area contributed by atoms with Crippen molar-refractivity contribution in [3.8, 4) is 0 Å². The lowest BCUT2D eigenvalue weighted by molar-refractivity contribution is 0.328. The second-order valence-electron chi connectivity index (χ2n) is 4.86. The maximum Gasteiger partial charge on any atom is -0.0274 e. The van der Waals surface area contributed by atoms with E-state index < -0.39 is 0 Å². The van der Waals surface area contributed by atoms with Crippen molar-refractivity contribution in [3.05, 3.63) is 10.2 Å². The Morgan fingerprint density at radius 1 is 0.933 bits per heavy atom. The molecule has 1 saturated carbocycles. The molecule has 1 aliphatic carbocycles. The van der Waals surface area contributed by atoms with Gasteiger partial charge in [0.1, 0.15) is 0 Å². The van der Waals surface area contributed by atoms with Crippen LogP contribution in [0.25, 0.3) is 0 Å². The SMILES string of the molecule is IC=CCCCCCCC1CCCCC1. The van der Waals surface area contributed by atoms with Crippen LogP contribution in [0, 0.1) is 5.92 Å². The van der Waals surface area contributed by atoms with Gasteiger partial charge in [0.15, 0.2) is 0 Å². The first-order chi connectivity index (χ1) is 7.43. The number of hydrogen-bond acceptors (Lipinski definition) is 0. The van der Waals surface area contributed by atoms with E-state index in [0.29, 0.717) is 0 Å². The molecule has 0 bridgehead atoms. The summed E-state index contributed by atoms with van der Waals surface area (Å²) in [4.78, 5) is 0. The Balaban J connectivity index is 1.83. The molecule has 1 fully saturated rings. The molecule has 0 saturated heterocycles. The third kappa shape index (κ3) is 7.37. The molecule has 0 unspecified atom stereocenters. The van der Waals surface area contributed by atoms with Crippen LogP contribution in [0.5, 0.6) is 0 Å². The highest BCUT2D eigenvalue weighted by molar-refractivity contribution is 14.1. The third-order valence-electron chi connectivity index (χ3n) is 3.55. The summed E-state index contributed by atoms with van der Waals surface area (Å²) in [5, 5.41) is 0. The fourth-order valence-corrected chi connectivity index (χ4v) is 2.95. The molecule has 0 aromatic carbocycles. The molecular weight excluding hydrogens is 295 g/mol. The number of allylic oxidation sites excluding steroid dienone is 1. The summed E-state index contributed by atoms with van der Waals surface area (Å²) >= 11 is 2.30. The smallest absolute Gasteiger partial charge is 0.0274 e. The van der Waals surface area contributed by atoms with Crippen molar-refractivity contribution in [2.24, 2.45) is 5.92 Å². The van der Waals surface area contributed by atoms with Gasteiger partial charge in [-0.2, -0.15) is 0 Å². The van der Waals surface area contributed by atoms with Crippen molar-refractivity contribution < 1.29 is 0 Å². The molecule has 88 valence electrons. The number of hydrogen-bond donors (Lipinski definition) is 0. The first kappa shape index (κ1) is 13.5. The van der Waals surface area contributed by atoms with Crippen molar-refractivity contribution in [2.45, 2.75) is 70.6 Å². The minimum absolute atomic E-state index is 1.09. The number of halogens is 1. The maximum absolute atomic E-state index is 2.30. The quantitative estimate of drug-likeness (QED) is 0.407. The molecule has 1 rings (SSSR count). The Bertz CT molecular complexity index is 157. The van der Waals surface area contributed by atoms with Crippen LogP contribution in [-0.2, 0) is 0 Å². The first-order valence-electron chi connectivity index (χ1n) is 6.68. The van der Waals surface area contributed by atoms with E-state index >= 15 is 0 Å². The van der Waals surface area contributed by atoms with Gasteiger partial charge >= 0.3 is 0 Å². The molecule has 0 spiro atoms. The lowest BCUT2D eigenvalue weighted by atomic mass is 9.85. The lowest BCUT2D eigenvalue weighted by Gasteiger charge is -2.21. The van der Waals surface area contributed by atoms with Gasteiger partial charge in [-0.15, -0.1) is 0 Å². The predicted octanol–water partition coefficient (Wildman–Crippen LogP) is 5.86. The van der Waals surface area contributed by atoms with Crippen LogP contribution in [0.2, 0.25) is 0 Å². The van der Waals surface area contributed by atoms with E-state index in [2.05, 4.69) is 32.7 Å². The molecule has 0 nitrogen and oxygen atoms in total. The number of rotatable bonds is 7. The first-order valence-corrected chi connectivity index (χ1v) is 7.93. The predicted molar refractivity (Wildman–Crippen MR) is 77.4 cm³/mol. The molecular formula is C14H25I. The van der Waals surface area contributed by atoms with Crippen LogP contribution in [0.3, 0.4) is 0 Å². The van der Waals surface area contributed by atoms with E-state index in [9.17, 15) is 0 Å². The summed E-state index contributed by atoms with van der Waals surface area (Å²) in [6.45, 7) is 0. The van der Waals surface area contributed by atoms with E-state index in [-0.39, 0.29) is 0 Å². The van der Waals surface area contributed by atoms with E-state index in [4.69, 9.17) is 0 Å². The molecule has 0 aromatic heterocycles. The maximum atomic E-state index is 2.30. The number of unbranched alkanes of at least 4 members (excludes halogenated alkanes) is 4. The summed E-state index contributed by atoms with van der Waals surface area (Å²) in [5.41, 5.74) is 0. The second-order valence-corrected chi connectivity index (χ2v) is 5.58. The highest BCUT2D eigenvalue weighted by Gasteiger charge is 2.12. The average molecular weight is 320 g/mol. The van der Waals surface area contributed by atoms with Gasteiger partial charge < -0.3 is 0 Å². The minimum Gasteiger partial charge on any atom is -0.0785 e. The van der Waals surface area contributed by atoms with E-state index in [0.717, 1.165) is 5.92 Å². The standard InChI is InChI=1S/C14H25I/c15-13-9-4-2-1-3-6-10-14-11-7-5-8-12-14/h9,13-14H,1-8,10-12H2. The fourth-order valence-electron chi connectivity index (χ4n) is 2.59. The highest BCUT2D eigenvalue weighted by atomic mass is 127. The Morgan fingerprint density at radius 3 is 2.40 bits per heavy atom. The van der Waals surface area contributed by atoms with Crippen LogP contribution in [0.4, 0.5) is 0 Å². The van der Waals surface area contributed by atoms with Gasteiger partial charge in [-0.3, -0.25) is 0 Å². The van der Waals surface area contributed by atoms with Gasteiger partial charge in [-0.25, -0.2) is 0 Å². The van der Waals surface area contributed by atoms with Gasteiger partial charge in [0, 0.05) is 0 Å². The van der Waals surface area contributed by atoms with Crippen molar-refractivity contribution >= 4 is 22.6 Å². The molecule has 1 heteroatoms. The molecule has 0 amide bonds. The zero-order valence-corrected chi connectivity index (χ0v) is 12.0. The van der Waals surface area contributed by atoms with Gasteiger partial charge in [0.05, 0.1) is 0 Å². The largest absolute Gasteiger partial charge is 0.0785 e. The highest BCUT2D eigenvalue weighted by Crippen LogP contribution is 2.27. The van der Waals surface area contributed by atoms with Crippen LogP contribution < -0.4 is 0 Å². The van der Waals surface area contributed by atoms with Gasteiger partial charge in [-0.05, 0) is 22.8 Å². The Labute approximate surface area is 109 Å². The normalized spacial score (nSPS) is 18.7. The lowest BCUT2D eigenvalue weighted by Crippen LogP contribution is -2.05. The molecule has 0 heterocycles. The molecule has 0 radical (unpaired) electrons. The van der Waals surface area contributed by atoms with Crippen molar-refractivity contribution in [2.75, 3.05) is 0 Å². The van der Waals surface area contributed by atoms with E-state index in [1.54, 1.807) is 0 Å². The topological polar surface area (TPSA) is 0 Å². The summed E-state index contributed by atoms with van der Waals surface area (Å²) in [6, 6.07) is 0. The molecule has 0 N–H and O–H groups in total. The van der Waals surface area contributed by atoms with E-state index in [1.165, 1.54) is 70.6 Å². The van der Waals surface area contributed by atoms with Crippen LogP contribution in [0.15, 0.2) is 10.2 Å². The molecule has 15 heavy (non-hydrogen) atoms. The second kappa shape index (κ2) is 9.68. The van der Waals surface area contributed by atoms with Gasteiger partial charge in [0.25, 0.3) is 0 Å². The summed E-state index contributed by atoms with van der Waals surface area (Å²) in [5.74, 6) is 1.09. The van der Waals surface area contributed by atoms with Gasteiger partial charge in [0.2, 0.25) is 0 Å². The third-order valence-corrected chi connectivity index (χ3v) is 4.06. The summed E-state index contributed by atoms with van der Waals surface area (Å²) < 4.78 is 2.14. The summed E-state index contributed by atoms with van der Waals surface area (Å²) in [7, 11) is 0. The summed E-state index contributed by atoms with van der Waals surface area (Å²) in [6.07, 6.45) is 18.4.